The number of aryl methyl sites for hydroxylation is 1. The molecule has 2 saturated carbocycles. The molecule has 1 heterocycles. The second-order valence-electron chi connectivity index (χ2n) is 7.16. The first-order chi connectivity index (χ1) is 12.1. The zero-order chi connectivity index (χ0) is 17.4. The van der Waals surface area contributed by atoms with E-state index in [4.69, 9.17) is 4.42 Å². The van der Waals surface area contributed by atoms with E-state index in [0.29, 0.717) is 23.4 Å². The van der Waals surface area contributed by atoms with Crippen LogP contribution in [0.25, 0.3) is 11.5 Å². The van der Waals surface area contributed by atoms with Crippen LogP contribution < -0.4 is 10.6 Å². The van der Waals surface area contributed by atoms with Crippen LogP contribution in [0.3, 0.4) is 0 Å². The second-order valence-corrected chi connectivity index (χ2v) is 7.16. The standard InChI is InChI=1S/C19H23N3O3/c1-11-9-20-18(25-11)14-3-2-4-15(8-14)21-19(24)22-17-13-6-5-12(7-13)16(17)10-23/h2-4,8-9,12-13,16-17,23H,5-7,10H2,1H3,(H2,21,22,24). The number of benzene rings is 1. The van der Waals surface area contributed by atoms with Gasteiger partial charge in [0.15, 0.2) is 0 Å². The minimum Gasteiger partial charge on any atom is -0.441 e. The van der Waals surface area contributed by atoms with Crippen molar-refractivity contribution >= 4 is 11.7 Å². The molecule has 1 aromatic heterocycles. The molecule has 1 aromatic carbocycles. The summed E-state index contributed by atoms with van der Waals surface area (Å²) in [6.45, 7) is 1.99. The Labute approximate surface area is 146 Å². The number of oxazole rings is 1. The summed E-state index contributed by atoms with van der Waals surface area (Å²) in [4.78, 5) is 16.6. The number of urea groups is 1. The van der Waals surface area contributed by atoms with E-state index >= 15 is 0 Å². The van der Waals surface area contributed by atoms with E-state index in [-0.39, 0.29) is 24.6 Å². The molecule has 2 aromatic rings. The van der Waals surface area contributed by atoms with E-state index in [1.54, 1.807) is 6.20 Å². The second kappa shape index (κ2) is 6.52. The van der Waals surface area contributed by atoms with E-state index in [1.165, 1.54) is 6.42 Å². The number of aromatic nitrogens is 1. The number of fused-ring (bicyclic) bond motifs is 2. The highest BCUT2D eigenvalue weighted by atomic mass is 16.4. The van der Waals surface area contributed by atoms with Gasteiger partial charge in [-0.2, -0.15) is 0 Å². The van der Waals surface area contributed by atoms with E-state index in [9.17, 15) is 9.90 Å². The first kappa shape index (κ1) is 16.1. The summed E-state index contributed by atoms with van der Waals surface area (Å²) in [7, 11) is 0. The number of amides is 2. The van der Waals surface area contributed by atoms with Gasteiger partial charge in [-0.25, -0.2) is 9.78 Å². The van der Waals surface area contributed by atoms with Gasteiger partial charge < -0.3 is 20.2 Å². The van der Waals surface area contributed by atoms with Gasteiger partial charge in [0.1, 0.15) is 5.76 Å². The van der Waals surface area contributed by atoms with Crippen LogP contribution in [0.4, 0.5) is 10.5 Å². The third-order valence-electron chi connectivity index (χ3n) is 5.59. The third kappa shape index (κ3) is 3.14. The summed E-state index contributed by atoms with van der Waals surface area (Å²) in [5.74, 6) is 2.52. The van der Waals surface area contributed by atoms with Crippen LogP contribution in [0.1, 0.15) is 25.0 Å². The van der Waals surface area contributed by atoms with Crippen molar-refractivity contribution in [2.45, 2.75) is 32.2 Å². The van der Waals surface area contributed by atoms with Gasteiger partial charge in [-0.05, 0) is 56.2 Å². The molecule has 6 nitrogen and oxygen atoms in total. The highest BCUT2D eigenvalue weighted by molar-refractivity contribution is 5.90. The van der Waals surface area contributed by atoms with Gasteiger partial charge in [-0.1, -0.05) is 6.07 Å². The first-order valence-electron chi connectivity index (χ1n) is 8.85. The number of anilines is 1. The van der Waals surface area contributed by atoms with Crippen LogP contribution in [-0.4, -0.2) is 28.8 Å². The average molecular weight is 341 g/mol. The van der Waals surface area contributed by atoms with Crippen molar-refractivity contribution in [3.8, 4) is 11.5 Å². The van der Waals surface area contributed by atoms with Gasteiger partial charge >= 0.3 is 6.03 Å². The summed E-state index contributed by atoms with van der Waals surface area (Å²) in [5.41, 5.74) is 1.51. The van der Waals surface area contributed by atoms with Crippen LogP contribution in [0.15, 0.2) is 34.9 Å². The van der Waals surface area contributed by atoms with E-state index in [0.717, 1.165) is 24.2 Å². The predicted molar refractivity (Wildman–Crippen MR) is 94.0 cm³/mol. The van der Waals surface area contributed by atoms with Gasteiger partial charge in [-0.3, -0.25) is 0 Å². The Morgan fingerprint density at radius 3 is 2.96 bits per heavy atom. The first-order valence-corrected chi connectivity index (χ1v) is 8.85. The maximum absolute atomic E-state index is 12.4. The van der Waals surface area contributed by atoms with Crippen LogP contribution in [0, 0.1) is 24.7 Å². The van der Waals surface area contributed by atoms with Gasteiger partial charge in [0.25, 0.3) is 0 Å². The van der Waals surface area contributed by atoms with Crippen molar-refractivity contribution in [2.75, 3.05) is 11.9 Å². The lowest BCUT2D eigenvalue weighted by Gasteiger charge is -2.30. The molecule has 132 valence electrons. The molecule has 0 radical (unpaired) electrons. The van der Waals surface area contributed by atoms with Crippen LogP contribution in [0.5, 0.6) is 0 Å². The lowest BCUT2D eigenvalue weighted by Crippen LogP contribution is -2.46. The van der Waals surface area contributed by atoms with Crippen molar-refractivity contribution < 1.29 is 14.3 Å². The van der Waals surface area contributed by atoms with Crippen molar-refractivity contribution in [3.63, 3.8) is 0 Å². The summed E-state index contributed by atoms with van der Waals surface area (Å²) >= 11 is 0. The van der Waals surface area contributed by atoms with Gasteiger partial charge in [0, 0.05) is 29.8 Å². The molecule has 4 unspecified atom stereocenters. The fraction of sp³-hybridized carbons (Fsp3) is 0.474. The summed E-state index contributed by atoms with van der Waals surface area (Å²) in [6.07, 6.45) is 5.11. The molecule has 2 fully saturated rings. The van der Waals surface area contributed by atoms with Crippen molar-refractivity contribution in [3.05, 3.63) is 36.2 Å². The van der Waals surface area contributed by atoms with Crippen molar-refractivity contribution in [1.29, 1.82) is 0 Å². The van der Waals surface area contributed by atoms with E-state index < -0.39 is 0 Å². The maximum Gasteiger partial charge on any atom is 0.319 e. The maximum atomic E-state index is 12.4. The molecule has 0 aliphatic heterocycles. The van der Waals surface area contributed by atoms with Crippen LogP contribution in [-0.2, 0) is 0 Å². The Kier molecular flexibility index (Phi) is 4.21. The topological polar surface area (TPSA) is 87.4 Å². The Balaban J connectivity index is 1.43. The smallest absolute Gasteiger partial charge is 0.319 e. The highest BCUT2D eigenvalue weighted by Gasteiger charge is 2.47. The number of nitrogens with one attached hydrogen (secondary N) is 2. The molecule has 6 heteroatoms. The molecular weight excluding hydrogens is 318 g/mol. The lowest BCUT2D eigenvalue weighted by molar-refractivity contribution is 0.146. The lowest BCUT2D eigenvalue weighted by atomic mass is 9.85. The molecular formula is C19H23N3O3. The predicted octanol–water partition coefficient (Wildman–Crippen LogP) is 3.18. The van der Waals surface area contributed by atoms with Gasteiger partial charge in [0.2, 0.25) is 5.89 Å². The highest BCUT2D eigenvalue weighted by Crippen LogP contribution is 2.48. The molecule has 0 spiro atoms. The zero-order valence-electron chi connectivity index (χ0n) is 14.2. The number of nitrogens with zero attached hydrogens (tertiary/aromatic N) is 1. The quantitative estimate of drug-likeness (QED) is 0.797. The summed E-state index contributed by atoms with van der Waals surface area (Å²) < 4.78 is 5.53. The van der Waals surface area contributed by atoms with Crippen LogP contribution >= 0.6 is 0 Å². The molecule has 4 atom stereocenters. The molecule has 2 aliphatic carbocycles. The Hall–Kier alpha value is -2.34. The Bertz CT molecular complexity index is 773. The summed E-state index contributed by atoms with van der Waals surface area (Å²) in [6, 6.07) is 7.28. The number of rotatable bonds is 4. The Morgan fingerprint density at radius 1 is 1.36 bits per heavy atom. The molecule has 2 aliphatic rings. The van der Waals surface area contributed by atoms with Crippen molar-refractivity contribution in [1.82, 2.24) is 10.3 Å². The zero-order valence-corrected chi connectivity index (χ0v) is 14.2. The van der Waals surface area contributed by atoms with E-state index in [2.05, 4.69) is 15.6 Å². The minimum atomic E-state index is -0.225. The third-order valence-corrected chi connectivity index (χ3v) is 5.59. The average Bonchev–Trinajstić information content (AvgIpc) is 3.31. The molecule has 0 saturated heterocycles. The Morgan fingerprint density at radius 2 is 2.20 bits per heavy atom. The van der Waals surface area contributed by atoms with Crippen molar-refractivity contribution in [2.24, 2.45) is 17.8 Å². The molecule has 4 rings (SSSR count). The molecule has 3 N–H and O–H groups in total. The van der Waals surface area contributed by atoms with E-state index in [1.807, 2.05) is 31.2 Å². The number of hydrogen-bond acceptors (Lipinski definition) is 4. The van der Waals surface area contributed by atoms with Crippen LogP contribution in [0.2, 0.25) is 0 Å². The van der Waals surface area contributed by atoms with Gasteiger partial charge in [-0.15, -0.1) is 0 Å². The normalized spacial score (nSPS) is 27.4. The number of hydrogen-bond donors (Lipinski definition) is 3. The summed E-state index contributed by atoms with van der Waals surface area (Å²) in [5, 5.41) is 15.6. The fourth-order valence-electron chi connectivity index (χ4n) is 4.43. The number of carbonyl (C=O) groups is 1. The number of carbonyl (C=O) groups excluding carboxylic acids is 1. The molecule has 25 heavy (non-hydrogen) atoms. The number of aliphatic hydroxyl groups is 1. The largest absolute Gasteiger partial charge is 0.441 e. The minimum absolute atomic E-state index is 0.0707. The molecule has 2 amide bonds. The number of aliphatic hydroxyl groups excluding tert-OH is 1. The monoisotopic (exact) mass is 341 g/mol. The fourth-order valence-corrected chi connectivity index (χ4v) is 4.43. The SMILES string of the molecule is Cc1cnc(-c2cccc(NC(=O)NC3C4CCC(C4)C3CO)c2)o1. The molecule has 2 bridgehead atoms. The van der Waals surface area contributed by atoms with Gasteiger partial charge in [0.05, 0.1) is 6.20 Å².